The van der Waals surface area contributed by atoms with Crippen molar-refractivity contribution >= 4 is 5.91 Å². The van der Waals surface area contributed by atoms with E-state index in [1.807, 2.05) is 0 Å². The molecular formula is C8H14N6O. The summed E-state index contributed by atoms with van der Waals surface area (Å²) in [5.41, 5.74) is 5.63. The van der Waals surface area contributed by atoms with Crippen LogP contribution in [0.1, 0.15) is 29.9 Å². The van der Waals surface area contributed by atoms with Gasteiger partial charge in [0.1, 0.15) is 0 Å². The van der Waals surface area contributed by atoms with Crippen LogP contribution >= 0.6 is 0 Å². The number of nitrogens with zero attached hydrogens (tertiary/aromatic N) is 4. The van der Waals surface area contributed by atoms with E-state index in [-0.39, 0.29) is 17.8 Å². The van der Waals surface area contributed by atoms with Gasteiger partial charge in [0.05, 0.1) is 0 Å². The SMILES string of the molecule is NCC1CCCCN1C(=O)c1nn[nH]n1. The van der Waals surface area contributed by atoms with Crippen LogP contribution in [-0.4, -0.2) is 50.6 Å². The van der Waals surface area contributed by atoms with Crippen LogP contribution < -0.4 is 5.73 Å². The summed E-state index contributed by atoms with van der Waals surface area (Å²) in [6.07, 6.45) is 3.10. The van der Waals surface area contributed by atoms with Crippen LogP contribution in [0.25, 0.3) is 0 Å². The quantitative estimate of drug-likeness (QED) is 0.662. The molecular weight excluding hydrogens is 196 g/mol. The minimum absolute atomic E-state index is 0.116. The van der Waals surface area contributed by atoms with E-state index in [1.165, 1.54) is 0 Å². The van der Waals surface area contributed by atoms with Crippen LogP contribution in [-0.2, 0) is 0 Å². The second-order valence-electron chi connectivity index (χ2n) is 3.62. The Hall–Kier alpha value is -1.50. The van der Waals surface area contributed by atoms with E-state index in [2.05, 4.69) is 20.6 Å². The first-order chi connectivity index (χ1) is 7.33. The van der Waals surface area contributed by atoms with Crippen LogP contribution in [0.3, 0.4) is 0 Å². The summed E-state index contributed by atoms with van der Waals surface area (Å²) < 4.78 is 0. The zero-order valence-electron chi connectivity index (χ0n) is 8.39. The molecule has 0 bridgehead atoms. The number of hydrogen-bond donors (Lipinski definition) is 2. The number of rotatable bonds is 2. The lowest BCUT2D eigenvalue weighted by Gasteiger charge is -2.34. The molecule has 1 aliphatic rings. The summed E-state index contributed by atoms with van der Waals surface area (Å²) in [4.78, 5) is 13.7. The van der Waals surface area contributed by atoms with Crippen LogP contribution in [0, 0.1) is 0 Å². The second-order valence-corrected chi connectivity index (χ2v) is 3.62. The minimum Gasteiger partial charge on any atom is -0.332 e. The Morgan fingerprint density at radius 3 is 3.13 bits per heavy atom. The molecule has 15 heavy (non-hydrogen) atoms. The van der Waals surface area contributed by atoms with Gasteiger partial charge < -0.3 is 10.6 Å². The zero-order valence-corrected chi connectivity index (χ0v) is 8.39. The van der Waals surface area contributed by atoms with E-state index in [9.17, 15) is 4.79 Å². The number of nitrogens with one attached hydrogen (secondary N) is 1. The molecule has 1 atom stereocenters. The number of H-pyrrole nitrogens is 1. The summed E-state index contributed by atoms with van der Waals surface area (Å²) >= 11 is 0. The Balaban J connectivity index is 2.11. The topological polar surface area (TPSA) is 101 Å². The summed E-state index contributed by atoms with van der Waals surface area (Å²) in [6, 6.07) is 0.116. The molecule has 1 amide bonds. The first-order valence-corrected chi connectivity index (χ1v) is 5.07. The Bertz CT molecular complexity index is 324. The number of carbonyl (C=O) groups is 1. The molecule has 0 radical (unpaired) electrons. The fourth-order valence-electron chi connectivity index (χ4n) is 1.89. The maximum absolute atomic E-state index is 11.9. The Morgan fingerprint density at radius 1 is 1.60 bits per heavy atom. The Morgan fingerprint density at radius 2 is 2.47 bits per heavy atom. The molecule has 7 nitrogen and oxygen atoms in total. The van der Waals surface area contributed by atoms with Gasteiger partial charge in [0.25, 0.3) is 11.7 Å². The van der Waals surface area contributed by atoms with Gasteiger partial charge in [-0.2, -0.15) is 5.21 Å². The molecule has 0 aromatic carbocycles. The van der Waals surface area contributed by atoms with Crippen LogP contribution in [0.4, 0.5) is 0 Å². The van der Waals surface area contributed by atoms with Crippen molar-refractivity contribution in [2.45, 2.75) is 25.3 Å². The molecule has 1 aliphatic heterocycles. The Kier molecular flexibility index (Phi) is 2.91. The van der Waals surface area contributed by atoms with Crippen molar-refractivity contribution in [2.75, 3.05) is 13.1 Å². The molecule has 0 aliphatic carbocycles. The number of hydrogen-bond acceptors (Lipinski definition) is 5. The monoisotopic (exact) mass is 210 g/mol. The fraction of sp³-hybridized carbons (Fsp3) is 0.750. The predicted molar refractivity (Wildman–Crippen MR) is 51.9 cm³/mol. The van der Waals surface area contributed by atoms with Gasteiger partial charge in [-0.05, 0) is 24.5 Å². The summed E-state index contributed by atoms with van der Waals surface area (Å²) in [5.74, 6) is -0.0609. The number of tetrazole rings is 1. The second kappa shape index (κ2) is 4.35. The number of aromatic nitrogens is 4. The summed E-state index contributed by atoms with van der Waals surface area (Å²) in [6.45, 7) is 1.22. The molecule has 2 heterocycles. The standard InChI is InChI=1S/C8H14N6O/c9-5-6-3-1-2-4-14(6)8(15)7-10-12-13-11-7/h6H,1-5,9H2,(H,10,11,12,13). The lowest BCUT2D eigenvalue weighted by Crippen LogP contribution is -2.47. The van der Waals surface area contributed by atoms with Crippen molar-refractivity contribution in [2.24, 2.45) is 5.73 Å². The van der Waals surface area contributed by atoms with Gasteiger partial charge >= 0.3 is 0 Å². The molecule has 0 spiro atoms. The van der Waals surface area contributed by atoms with Gasteiger partial charge in [-0.1, -0.05) is 0 Å². The highest BCUT2D eigenvalue weighted by atomic mass is 16.2. The van der Waals surface area contributed by atoms with Gasteiger partial charge in [-0.15, -0.1) is 10.2 Å². The third-order valence-electron chi connectivity index (χ3n) is 2.70. The average Bonchev–Trinajstić information content (AvgIpc) is 2.81. The van der Waals surface area contributed by atoms with E-state index in [0.29, 0.717) is 6.54 Å². The molecule has 1 saturated heterocycles. The third-order valence-corrected chi connectivity index (χ3v) is 2.70. The molecule has 3 N–H and O–H groups in total. The van der Waals surface area contributed by atoms with Crippen molar-refractivity contribution in [3.05, 3.63) is 5.82 Å². The number of nitrogens with two attached hydrogens (primary N) is 1. The van der Waals surface area contributed by atoms with E-state index < -0.39 is 0 Å². The van der Waals surface area contributed by atoms with Crippen LogP contribution in [0.5, 0.6) is 0 Å². The average molecular weight is 210 g/mol. The van der Waals surface area contributed by atoms with Gasteiger partial charge in [-0.3, -0.25) is 4.79 Å². The maximum Gasteiger partial charge on any atom is 0.295 e. The smallest absolute Gasteiger partial charge is 0.295 e. The molecule has 7 heteroatoms. The highest BCUT2D eigenvalue weighted by Crippen LogP contribution is 2.17. The molecule has 1 fully saturated rings. The maximum atomic E-state index is 11.9. The largest absolute Gasteiger partial charge is 0.332 e. The van der Waals surface area contributed by atoms with E-state index in [0.717, 1.165) is 25.8 Å². The van der Waals surface area contributed by atoms with E-state index in [1.54, 1.807) is 4.90 Å². The van der Waals surface area contributed by atoms with Crippen molar-refractivity contribution < 1.29 is 4.79 Å². The predicted octanol–water partition coefficient (Wildman–Crippen LogP) is -0.847. The van der Waals surface area contributed by atoms with Crippen LogP contribution in [0.15, 0.2) is 0 Å². The van der Waals surface area contributed by atoms with Crippen molar-refractivity contribution in [1.29, 1.82) is 0 Å². The number of carbonyl (C=O) groups excluding carboxylic acids is 1. The molecule has 82 valence electrons. The Labute approximate surface area is 87.0 Å². The van der Waals surface area contributed by atoms with Crippen LogP contribution in [0.2, 0.25) is 0 Å². The highest BCUT2D eigenvalue weighted by molar-refractivity contribution is 5.90. The lowest BCUT2D eigenvalue weighted by atomic mass is 10.0. The minimum atomic E-state index is -0.182. The molecule has 1 unspecified atom stereocenters. The first kappa shape index (κ1) is 10.0. The normalized spacial score (nSPS) is 21.7. The first-order valence-electron chi connectivity index (χ1n) is 5.07. The van der Waals surface area contributed by atoms with Gasteiger partial charge in [0, 0.05) is 19.1 Å². The molecule has 2 rings (SSSR count). The van der Waals surface area contributed by atoms with Gasteiger partial charge in [-0.25, -0.2) is 0 Å². The molecule has 1 aromatic rings. The number of piperidine rings is 1. The summed E-state index contributed by atoms with van der Waals surface area (Å²) in [5, 5.41) is 13.0. The summed E-state index contributed by atoms with van der Waals surface area (Å²) in [7, 11) is 0. The zero-order chi connectivity index (χ0) is 10.7. The number of aromatic amines is 1. The fourth-order valence-corrected chi connectivity index (χ4v) is 1.89. The third kappa shape index (κ3) is 1.96. The van der Waals surface area contributed by atoms with E-state index in [4.69, 9.17) is 5.73 Å². The van der Waals surface area contributed by atoms with Crippen molar-refractivity contribution in [3.63, 3.8) is 0 Å². The number of likely N-dealkylation sites (tertiary alicyclic amines) is 1. The lowest BCUT2D eigenvalue weighted by molar-refractivity contribution is 0.0610. The van der Waals surface area contributed by atoms with Crippen molar-refractivity contribution in [1.82, 2.24) is 25.5 Å². The van der Waals surface area contributed by atoms with Crippen molar-refractivity contribution in [3.8, 4) is 0 Å². The molecule has 1 aromatic heterocycles. The van der Waals surface area contributed by atoms with Gasteiger partial charge in [0.2, 0.25) is 0 Å². The highest BCUT2D eigenvalue weighted by Gasteiger charge is 2.28. The molecule has 0 saturated carbocycles. The number of amides is 1. The van der Waals surface area contributed by atoms with Gasteiger partial charge in [0.15, 0.2) is 0 Å². The van der Waals surface area contributed by atoms with E-state index >= 15 is 0 Å².